The summed E-state index contributed by atoms with van der Waals surface area (Å²) >= 11 is 1.68. The summed E-state index contributed by atoms with van der Waals surface area (Å²) in [5, 5.41) is 6.64. The predicted octanol–water partition coefficient (Wildman–Crippen LogP) is 3.03. The summed E-state index contributed by atoms with van der Waals surface area (Å²) < 4.78 is 0. The van der Waals surface area contributed by atoms with Gasteiger partial charge in [-0.15, -0.1) is 11.3 Å². The first kappa shape index (κ1) is 18.3. The Morgan fingerprint density at radius 3 is 2.54 bits per heavy atom. The van der Waals surface area contributed by atoms with Crippen LogP contribution in [0.4, 0.5) is 5.69 Å². The van der Waals surface area contributed by atoms with Crippen molar-refractivity contribution in [2.75, 3.05) is 33.1 Å². The van der Waals surface area contributed by atoms with E-state index in [1.165, 1.54) is 16.8 Å². The smallest absolute Gasteiger partial charge is 0.194 e. The summed E-state index contributed by atoms with van der Waals surface area (Å²) in [7, 11) is 7.96. The van der Waals surface area contributed by atoms with Crippen molar-refractivity contribution in [3.63, 3.8) is 0 Å². The number of benzene rings is 1. The van der Waals surface area contributed by atoms with Gasteiger partial charge in [-0.05, 0) is 37.1 Å². The minimum Gasteiger partial charge on any atom is -0.378 e. The third-order valence-electron chi connectivity index (χ3n) is 3.92. The molecule has 0 aliphatic rings. The summed E-state index contributed by atoms with van der Waals surface area (Å²) in [5.41, 5.74) is 4.85. The van der Waals surface area contributed by atoms with Crippen molar-refractivity contribution in [2.45, 2.75) is 26.9 Å². The van der Waals surface area contributed by atoms with E-state index in [-0.39, 0.29) is 0 Å². The second-order valence-electron chi connectivity index (χ2n) is 6.12. The van der Waals surface area contributed by atoms with Crippen LogP contribution in [0.25, 0.3) is 0 Å². The molecule has 0 radical (unpaired) electrons. The first-order chi connectivity index (χ1) is 11.4. The molecular weight excluding hydrogens is 318 g/mol. The molecule has 2 rings (SSSR count). The summed E-state index contributed by atoms with van der Waals surface area (Å²) in [5.74, 6) is 0.872. The Morgan fingerprint density at radius 2 is 2.00 bits per heavy atom. The molecule has 1 aromatic carbocycles. The van der Waals surface area contributed by atoms with Crippen LogP contribution in [-0.2, 0) is 13.1 Å². The predicted molar refractivity (Wildman–Crippen MR) is 104 cm³/mol. The standard InChI is InChI=1S/C18H27N5S/c1-13-9-17(22(4)5)8-7-15(13)10-20-18(19-3)23(6)11-16-12-24-14(2)21-16/h7-9,12H,10-11H2,1-6H3,(H,19,20). The van der Waals surface area contributed by atoms with Gasteiger partial charge in [0.05, 0.1) is 17.2 Å². The number of hydrogen-bond acceptors (Lipinski definition) is 4. The van der Waals surface area contributed by atoms with E-state index in [2.05, 4.69) is 69.7 Å². The van der Waals surface area contributed by atoms with Crippen LogP contribution >= 0.6 is 11.3 Å². The topological polar surface area (TPSA) is 43.8 Å². The molecule has 0 aliphatic carbocycles. The molecule has 0 aliphatic heterocycles. The van der Waals surface area contributed by atoms with Crippen LogP contribution in [0, 0.1) is 13.8 Å². The molecule has 6 heteroatoms. The molecule has 0 bridgehead atoms. The van der Waals surface area contributed by atoms with E-state index in [0.29, 0.717) is 0 Å². The van der Waals surface area contributed by atoms with Gasteiger partial charge in [-0.1, -0.05) is 6.07 Å². The zero-order valence-corrected chi connectivity index (χ0v) is 16.2. The molecule has 0 unspecified atom stereocenters. The number of hydrogen-bond donors (Lipinski definition) is 1. The van der Waals surface area contributed by atoms with Gasteiger partial charge in [-0.25, -0.2) is 4.98 Å². The molecular formula is C18H27N5S. The second-order valence-corrected chi connectivity index (χ2v) is 7.18. The Hall–Kier alpha value is -2.08. The Bertz CT molecular complexity index is 705. The van der Waals surface area contributed by atoms with Gasteiger partial charge >= 0.3 is 0 Å². The molecule has 1 heterocycles. The van der Waals surface area contributed by atoms with Gasteiger partial charge in [0.1, 0.15) is 0 Å². The number of guanidine groups is 1. The van der Waals surface area contributed by atoms with Gasteiger partial charge in [0.2, 0.25) is 0 Å². The molecule has 1 N–H and O–H groups in total. The van der Waals surface area contributed by atoms with Crippen LogP contribution in [0.15, 0.2) is 28.6 Å². The molecule has 5 nitrogen and oxygen atoms in total. The first-order valence-electron chi connectivity index (χ1n) is 8.00. The van der Waals surface area contributed by atoms with E-state index in [1.807, 2.05) is 21.0 Å². The van der Waals surface area contributed by atoms with Gasteiger partial charge in [0, 0.05) is 45.8 Å². The van der Waals surface area contributed by atoms with Crippen LogP contribution in [0.3, 0.4) is 0 Å². The average Bonchev–Trinajstić information content (AvgIpc) is 2.94. The van der Waals surface area contributed by atoms with Crippen molar-refractivity contribution in [2.24, 2.45) is 4.99 Å². The number of aromatic nitrogens is 1. The zero-order chi connectivity index (χ0) is 17.7. The quantitative estimate of drug-likeness (QED) is 0.668. The van der Waals surface area contributed by atoms with Crippen molar-refractivity contribution in [3.8, 4) is 0 Å². The van der Waals surface area contributed by atoms with Gasteiger partial charge in [0.15, 0.2) is 5.96 Å². The number of anilines is 1. The molecule has 0 saturated heterocycles. The molecule has 0 fully saturated rings. The van der Waals surface area contributed by atoms with Crippen molar-refractivity contribution in [1.82, 2.24) is 15.2 Å². The van der Waals surface area contributed by atoms with Crippen molar-refractivity contribution in [3.05, 3.63) is 45.4 Å². The lowest BCUT2D eigenvalue weighted by Crippen LogP contribution is -2.38. The zero-order valence-electron chi connectivity index (χ0n) is 15.4. The molecule has 0 spiro atoms. The van der Waals surface area contributed by atoms with E-state index in [1.54, 1.807) is 11.3 Å². The average molecular weight is 346 g/mol. The maximum Gasteiger partial charge on any atom is 0.194 e. The third kappa shape index (κ3) is 4.71. The fourth-order valence-electron chi connectivity index (χ4n) is 2.51. The molecule has 130 valence electrons. The fraction of sp³-hybridized carbons (Fsp3) is 0.444. The van der Waals surface area contributed by atoms with Gasteiger partial charge in [-0.2, -0.15) is 0 Å². The number of nitrogens with one attached hydrogen (secondary N) is 1. The maximum atomic E-state index is 4.52. The lowest BCUT2D eigenvalue weighted by Gasteiger charge is -2.22. The number of aryl methyl sites for hydroxylation is 2. The molecule has 1 aromatic heterocycles. The molecule has 24 heavy (non-hydrogen) atoms. The fourth-order valence-corrected chi connectivity index (χ4v) is 3.12. The minimum absolute atomic E-state index is 0.753. The van der Waals surface area contributed by atoms with E-state index in [0.717, 1.165) is 29.8 Å². The monoisotopic (exact) mass is 345 g/mol. The third-order valence-corrected chi connectivity index (χ3v) is 4.74. The summed E-state index contributed by atoms with van der Waals surface area (Å²) in [6, 6.07) is 6.53. The second kappa shape index (κ2) is 8.15. The highest BCUT2D eigenvalue weighted by molar-refractivity contribution is 7.09. The molecule has 0 amide bonds. The van der Waals surface area contributed by atoms with Crippen LogP contribution in [0.2, 0.25) is 0 Å². The first-order valence-corrected chi connectivity index (χ1v) is 8.88. The highest BCUT2D eigenvalue weighted by Crippen LogP contribution is 2.17. The Morgan fingerprint density at radius 1 is 1.25 bits per heavy atom. The van der Waals surface area contributed by atoms with Crippen molar-refractivity contribution < 1.29 is 0 Å². The lowest BCUT2D eigenvalue weighted by atomic mass is 10.1. The SMILES string of the molecule is CN=C(NCc1ccc(N(C)C)cc1C)N(C)Cc1csc(C)n1. The van der Waals surface area contributed by atoms with Crippen molar-refractivity contribution >= 4 is 23.0 Å². The van der Waals surface area contributed by atoms with E-state index >= 15 is 0 Å². The highest BCUT2D eigenvalue weighted by atomic mass is 32.1. The largest absolute Gasteiger partial charge is 0.378 e. The molecule has 0 saturated carbocycles. The molecule has 2 aromatic rings. The summed E-state index contributed by atoms with van der Waals surface area (Å²) in [6.45, 7) is 5.69. The maximum absolute atomic E-state index is 4.52. The van der Waals surface area contributed by atoms with Gasteiger partial charge < -0.3 is 15.1 Å². The van der Waals surface area contributed by atoms with Gasteiger partial charge in [0.25, 0.3) is 0 Å². The Labute approximate surface area is 149 Å². The number of rotatable bonds is 5. The van der Waals surface area contributed by atoms with E-state index in [4.69, 9.17) is 0 Å². The normalized spacial score (nSPS) is 11.5. The van der Waals surface area contributed by atoms with Crippen LogP contribution in [0.5, 0.6) is 0 Å². The number of nitrogens with zero attached hydrogens (tertiary/aromatic N) is 4. The lowest BCUT2D eigenvalue weighted by molar-refractivity contribution is 0.470. The Kier molecular flexibility index (Phi) is 6.20. The summed E-state index contributed by atoms with van der Waals surface area (Å²) in [6.07, 6.45) is 0. The Balaban J connectivity index is 1.98. The van der Waals surface area contributed by atoms with E-state index < -0.39 is 0 Å². The van der Waals surface area contributed by atoms with Crippen LogP contribution in [-0.4, -0.2) is 44.0 Å². The van der Waals surface area contributed by atoms with Crippen LogP contribution < -0.4 is 10.2 Å². The van der Waals surface area contributed by atoms with E-state index in [9.17, 15) is 0 Å². The molecule has 0 atom stereocenters. The number of aliphatic imine (C=N–C) groups is 1. The van der Waals surface area contributed by atoms with Crippen molar-refractivity contribution in [1.29, 1.82) is 0 Å². The minimum atomic E-state index is 0.753. The number of thiazole rings is 1. The highest BCUT2D eigenvalue weighted by Gasteiger charge is 2.09. The van der Waals surface area contributed by atoms with Gasteiger partial charge in [-0.3, -0.25) is 4.99 Å². The summed E-state index contributed by atoms with van der Waals surface area (Å²) in [4.78, 5) is 13.1. The van der Waals surface area contributed by atoms with Crippen LogP contribution in [0.1, 0.15) is 21.8 Å².